The number of esters is 1. The van der Waals surface area contributed by atoms with E-state index in [2.05, 4.69) is 59.2 Å². The van der Waals surface area contributed by atoms with Crippen molar-refractivity contribution in [3.8, 4) is 23.0 Å². The summed E-state index contributed by atoms with van der Waals surface area (Å²) in [6.45, 7) is 3.93. The van der Waals surface area contributed by atoms with Crippen LogP contribution in [-0.2, 0) is 0 Å². The fraction of sp³-hybridized carbons (Fsp3) is 0.259. The number of hydrogen-bond acceptors (Lipinski definition) is 8. The molecule has 194 valence electrons. The van der Waals surface area contributed by atoms with Gasteiger partial charge in [0.2, 0.25) is 5.75 Å². The van der Waals surface area contributed by atoms with Crippen LogP contribution in [0.5, 0.6) is 23.0 Å². The number of aliphatic imine (C=N–C) groups is 1. The Bertz CT molecular complexity index is 1270. The summed E-state index contributed by atoms with van der Waals surface area (Å²) in [5.41, 5.74) is 2.83. The fourth-order valence-electron chi connectivity index (χ4n) is 3.95. The normalized spacial score (nSPS) is 13.5. The molecule has 10 heteroatoms. The highest BCUT2D eigenvalue weighted by atomic mass is 79.9. The number of ether oxygens (including phenoxy) is 4. The maximum absolute atomic E-state index is 13.1. The van der Waals surface area contributed by atoms with Gasteiger partial charge in [-0.05, 0) is 64.5 Å². The maximum Gasteiger partial charge on any atom is 0.343 e. The Morgan fingerprint density at radius 3 is 2.16 bits per heavy atom. The smallest absolute Gasteiger partial charge is 0.343 e. The number of rotatable bonds is 8. The number of carbonyl (C=O) groups is 1. The molecule has 1 aliphatic rings. The van der Waals surface area contributed by atoms with Gasteiger partial charge in [0.05, 0.1) is 37.1 Å². The van der Waals surface area contributed by atoms with E-state index in [1.807, 2.05) is 18.2 Å². The minimum Gasteiger partial charge on any atom is -0.493 e. The molecule has 8 nitrogen and oxygen atoms in total. The molecule has 0 bridgehead atoms. The number of carbonyl (C=O) groups excluding carboxylic acids is 1. The Hall–Kier alpha value is -3.08. The second kappa shape index (κ2) is 12.4. The molecule has 0 unspecified atom stereocenters. The first-order valence-electron chi connectivity index (χ1n) is 11.5. The first-order valence-corrected chi connectivity index (χ1v) is 13.1. The average Bonchev–Trinajstić information content (AvgIpc) is 2.93. The van der Waals surface area contributed by atoms with Gasteiger partial charge in [0.25, 0.3) is 0 Å². The largest absolute Gasteiger partial charge is 0.493 e. The molecule has 0 saturated carbocycles. The SMILES string of the molecule is COc1cc(C(=O)Oc2c(Br)cc(Br)cc2C=Nc2ccc(N3CCNCC3)cc2)cc(OC)c1OC. The zero-order valence-corrected chi connectivity index (χ0v) is 23.9. The van der Waals surface area contributed by atoms with Gasteiger partial charge in [-0.3, -0.25) is 4.99 Å². The highest BCUT2D eigenvalue weighted by Gasteiger charge is 2.20. The van der Waals surface area contributed by atoms with Gasteiger partial charge in [-0.25, -0.2) is 4.79 Å². The Balaban J connectivity index is 1.58. The van der Waals surface area contributed by atoms with Crippen LogP contribution in [0.2, 0.25) is 0 Å². The van der Waals surface area contributed by atoms with Crippen molar-refractivity contribution < 1.29 is 23.7 Å². The Labute approximate surface area is 232 Å². The van der Waals surface area contributed by atoms with E-state index in [0.29, 0.717) is 33.0 Å². The number of piperazine rings is 1. The van der Waals surface area contributed by atoms with E-state index >= 15 is 0 Å². The van der Waals surface area contributed by atoms with Crippen LogP contribution in [0.4, 0.5) is 11.4 Å². The second-order valence-corrected chi connectivity index (χ2v) is 9.89. The van der Waals surface area contributed by atoms with Crippen molar-refractivity contribution in [3.63, 3.8) is 0 Å². The van der Waals surface area contributed by atoms with Gasteiger partial charge >= 0.3 is 5.97 Å². The van der Waals surface area contributed by atoms with Crippen LogP contribution in [0.1, 0.15) is 15.9 Å². The molecular formula is C27H27Br2N3O5. The monoisotopic (exact) mass is 631 g/mol. The van der Waals surface area contributed by atoms with E-state index in [-0.39, 0.29) is 5.56 Å². The number of halogens is 2. The third-order valence-electron chi connectivity index (χ3n) is 5.82. The Kier molecular flexibility index (Phi) is 9.07. The lowest BCUT2D eigenvalue weighted by Crippen LogP contribution is -2.43. The average molecular weight is 633 g/mol. The summed E-state index contributed by atoms with van der Waals surface area (Å²) in [6.07, 6.45) is 1.67. The topological polar surface area (TPSA) is 81.6 Å². The first kappa shape index (κ1) is 27.0. The summed E-state index contributed by atoms with van der Waals surface area (Å²) in [4.78, 5) is 20.1. The fourth-order valence-corrected chi connectivity index (χ4v) is 5.29. The molecule has 4 rings (SSSR count). The molecule has 1 saturated heterocycles. The predicted octanol–water partition coefficient (Wildman–Crippen LogP) is 5.62. The molecule has 0 aliphatic carbocycles. The van der Waals surface area contributed by atoms with E-state index < -0.39 is 5.97 Å². The molecule has 0 amide bonds. The van der Waals surface area contributed by atoms with Crippen LogP contribution in [0.15, 0.2) is 62.5 Å². The number of methoxy groups -OCH3 is 3. The van der Waals surface area contributed by atoms with Crippen LogP contribution in [0, 0.1) is 0 Å². The first-order chi connectivity index (χ1) is 17.9. The molecule has 1 fully saturated rings. The van der Waals surface area contributed by atoms with Crippen molar-refractivity contribution in [1.29, 1.82) is 0 Å². The summed E-state index contributed by atoms with van der Waals surface area (Å²) in [6, 6.07) is 14.8. The molecule has 3 aromatic rings. The van der Waals surface area contributed by atoms with Gasteiger partial charge in [0, 0.05) is 48.1 Å². The molecular weight excluding hydrogens is 606 g/mol. The summed E-state index contributed by atoms with van der Waals surface area (Å²) in [7, 11) is 4.48. The number of anilines is 1. The Morgan fingerprint density at radius 1 is 0.919 bits per heavy atom. The molecule has 0 aromatic heterocycles. The lowest BCUT2D eigenvalue weighted by Gasteiger charge is -2.29. The predicted molar refractivity (Wildman–Crippen MR) is 152 cm³/mol. The van der Waals surface area contributed by atoms with Gasteiger partial charge in [-0.2, -0.15) is 0 Å². The van der Waals surface area contributed by atoms with E-state index in [4.69, 9.17) is 18.9 Å². The van der Waals surface area contributed by atoms with Gasteiger partial charge in [-0.15, -0.1) is 0 Å². The number of benzene rings is 3. The Morgan fingerprint density at radius 2 is 1.57 bits per heavy atom. The molecule has 1 N–H and O–H groups in total. The van der Waals surface area contributed by atoms with E-state index in [9.17, 15) is 4.79 Å². The highest BCUT2D eigenvalue weighted by molar-refractivity contribution is 9.11. The molecule has 3 aromatic carbocycles. The zero-order valence-electron chi connectivity index (χ0n) is 20.7. The third kappa shape index (κ3) is 6.44. The van der Waals surface area contributed by atoms with Gasteiger partial charge in [-0.1, -0.05) is 15.9 Å². The van der Waals surface area contributed by atoms with Crippen molar-refractivity contribution in [2.45, 2.75) is 0 Å². The number of hydrogen-bond donors (Lipinski definition) is 1. The van der Waals surface area contributed by atoms with E-state index in [1.165, 1.54) is 27.0 Å². The highest BCUT2D eigenvalue weighted by Crippen LogP contribution is 2.39. The van der Waals surface area contributed by atoms with Crippen LogP contribution < -0.4 is 29.2 Å². The lowest BCUT2D eigenvalue weighted by atomic mass is 10.1. The molecule has 1 heterocycles. The lowest BCUT2D eigenvalue weighted by molar-refractivity contribution is 0.0732. The maximum atomic E-state index is 13.1. The quantitative estimate of drug-likeness (QED) is 0.196. The standard InChI is InChI=1S/C27H27Br2N3O5/c1-34-23-13-17(14-24(35-2)26(23)36-3)27(33)37-25-18(12-19(28)15-22(25)29)16-31-20-4-6-21(7-5-20)32-10-8-30-9-11-32/h4-7,12-16,30H,8-11H2,1-3H3. The third-order valence-corrected chi connectivity index (χ3v) is 6.86. The molecule has 37 heavy (non-hydrogen) atoms. The zero-order chi connectivity index (χ0) is 26.4. The van der Waals surface area contributed by atoms with E-state index in [0.717, 1.165) is 36.3 Å². The van der Waals surface area contributed by atoms with Crippen molar-refractivity contribution in [2.24, 2.45) is 4.99 Å². The minimum atomic E-state index is -0.586. The van der Waals surface area contributed by atoms with Gasteiger partial charge in [0.15, 0.2) is 17.2 Å². The molecule has 0 radical (unpaired) electrons. The van der Waals surface area contributed by atoms with Crippen LogP contribution in [0.25, 0.3) is 0 Å². The van der Waals surface area contributed by atoms with Gasteiger partial charge < -0.3 is 29.2 Å². The second-order valence-electron chi connectivity index (χ2n) is 8.12. The molecule has 0 spiro atoms. The summed E-state index contributed by atoms with van der Waals surface area (Å²) in [5.74, 6) is 0.854. The summed E-state index contributed by atoms with van der Waals surface area (Å²) < 4.78 is 23.3. The van der Waals surface area contributed by atoms with Crippen molar-refractivity contribution in [3.05, 3.63) is 68.6 Å². The van der Waals surface area contributed by atoms with Crippen molar-refractivity contribution in [2.75, 3.05) is 52.4 Å². The van der Waals surface area contributed by atoms with Crippen molar-refractivity contribution in [1.82, 2.24) is 5.32 Å². The van der Waals surface area contributed by atoms with Crippen LogP contribution in [-0.4, -0.2) is 59.7 Å². The number of nitrogens with zero attached hydrogens (tertiary/aromatic N) is 2. The summed E-state index contributed by atoms with van der Waals surface area (Å²) in [5, 5.41) is 3.36. The summed E-state index contributed by atoms with van der Waals surface area (Å²) >= 11 is 7.01. The van der Waals surface area contributed by atoms with Crippen LogP contribution >= 0.6 is 31.9 Å². The molecule has 1 aliphatic heterocycles. The molecule has 0 atom stereocenters. The number of nitrogens with one attached hydrogen (secondary N) is 1. The van der Waals surface area contributed by atoms with Crippen LogP contribution in [0.3, 0.4) is 0 Å². The van der Waals surface area contributed by atoms with E-state index in [1.54, 1.807) is 24.4 Å². The minimum absolute atomic E-state index is 0.246. The van der Waals surface area contributed by atoms with Crippen molar-refractivity contribution >= 4 is 55.4 Å². The van der Waals surface area contributed by atoms with Gasteiger partial charge in [0.1, 0.15) is 0 Å².